The molecule has 0 saturated carbocycles. The maximum Gasteiger partial charge on any atom is 0.224 e. The van der Waals surface area contributed by atoms with Crippen LogP contribution in [0, 0.1) is 5.82 Å². The number of nitrogens with zero attached hydrogens (tertiary/aromatic N) is 2. The highest BCUT2D eigenvalue weighted by Crippen LogP contribution is 2.26. The first-order chi connectivity index (χ1) is 12.7. The quantitative estimate of drug-likeness (QED) is 0.842. The molecule has 1 fully saturated rings. The average Bonchev–Trinajstić information content (AvgIpc) is 3.14. The topological polar surface area (TPSA) is 35.6 Å². The minimum atomic E-state index is -0.205. The summed E-state index contributed by atoms with van der Waals surface area (Å²) in [6.07, 6.45) is 1.49. The molecule has 1 N–H and O–H groups in total. The van der Waals surface area contributed by atoms with Gasteiger partial charge in [-0.3, -0.25) is 9.69 Å². The second-order valence-electron chi connectivity index (χ2n) is 7.00. The second kappa shape index (κ2) is 9.15. The first-order valence-electron chi connectivity index (χ1n) is 9.24. The SMILES string of the molecule is Cl.O=C(CCN1CCNCC1c1cccc(F)c1)N1CCc2sccc2C1. The lowest BCUT2D eigenvalue weighted by Crippen LogP contribution is -2.47. The fraction of sp³-hybridized carbons (Fsp3) is 0.450. The number of hydrogen-bond acceptors (Lipinski definition) is 4. The number of carbonyl (C=O) groups excluding carboxylic acids is 1. The number of benzene rings is 1. The number of piperazine rings is 1. The van der Waals surface area contributed by atoms with Crippen LogP contribution in [0.1, 0.15) is 28.5 Å². The Balaban J connectivity index is 0.00000210. The molecule has 1 aromatic carbocycles. The van der Waals surface area contributed by atoms with Crippen LogP contribution in [0.5, 0.6) is 0 Å². The van der Waals surface area contributed by atoms with Crippen molar-refractivity contribution in [1.82, 2.24) is 15.1 Å². The zero-order valence-corrected chi connectivity index (χ0v) is 16.8. The van der Waals surface area contributed by atoms with Crippen LogP contribution in [0.4, 0.5) is 4.39 Å². The Bertz CT molecular complexity index is 784. The van der Waals surface area contributed by atoms with Crippen LogP contribution in [0.2, 0.25) is 0 Å². The van der Waals surface area contributed by atoms with E-state index in [4.69, 9.17) is 0 Å². The van der Waals surface area contributed by atoms with E-state index in [2.05, 4.69) is 21.7 Å². The molecule has 27 heavy (non-hydrogen) atoms. The molecule has 1 unspecified atom stereocenters. The maximum atomic E-state index is 13.6. The van der Waals surface area contributed by atoms with Crippen LogP contribution in [-0.2, 0) is 17.8 Å². The molecule has 3 heterocycles. The van der Waals surface area contributed by atoms with Gasteiger partial charge in [-0.05, 0) is 41.1 Å². The maximum absolute atomic E-state index is 13.6. The van der Waals surface area contributed by atoms with E-state index >= 15 is 0 Å². The largest absolute Gasteiger partial charge is 0.338 e. The Labute approximate surface area is 169 Å². The number of halogens is 2. The summed E-state index contributed by atoms with van der Waals surface area (Å²) in [5.41, 5.74) is 2.28. The molecule has 2 aliphatic rings. The van der Waals surface area contributed by atoms with Gasteiger partial charge in [0.1, 0.15) is 5.82 Å². The van der Waals surface area contributed by atoms with Crippen molar-refractivity contribution in [1.29, 1.82) is 0 Å². The Hall–Kier alpha value is -1.47. The number of carbonyl (C=O) groups is 1. The van der Waals surface area contributed by atoms with E-state index in [-0.39, 0.29) is 30.2 Å². The average molecular weight is 410 g/mol. The number of amides is 1. The number of hydrogen-bond donors (Lipinski definition) is 1. The van der Waals surface area contributed by atoms with Gasteiger partial charge in [-0.15, -0.1) is 23.7 Å². The van der Waals surface area contributed by atoms with Gasteiger partial charge >= 0.3 is 0 Å². The smallest absolute Gasteiger partial charge is 0.224 e. The number of rotatable bonds is 4. The Morgan fingerprint density at radius 1 is 1.30 bits per heavy atom. The molecule has 2 aliphatic heterocycles. The summed E-state index contributed by atoms with van der Waals surface area (Å²) in [4.78, 5) is 18.4. The van der Waals surface area contributed by atoms with E-state index in [0.29, 0.717) is 13.0 Å². The van der Waals surface area contributed by atoms with Crippen molar-refractivity contribution >= 4 is 29.7 Å². The van der Waals surface area contributed by atoms with E-state index in [1.165, 1.54) is 16.5 Å². The third-order valence-electron chi connectivity index (χ3n) is 5.36. The summed E-state index contributed by atoms with van der Waals surface area (Å²) in [6.45, 7) is 4.85. The van der Waals surface area contributed by atoms with Gasteiger partial charge in [0.15, 0.2) is 0 Å². The normalized spacial score (nSPS) is 20.0. The molecule has 4 rings (SSSR count). The van der Waals surface area contributed by atoms with E-state index in [1.807, 2.05) is 11.0 Å². The summed E-state index contributed by atoms with van der Waals surface area (Å²) in [5, 5.41) is 5.50. The van der Waals surface area contributed by atoms with E-state index < -0.39 is 0 Å². The molecule has 4 nitrogen and oxygen atoms in total. The molecule has 7 heteroatoms. The van der Waals surface area contributed by atoms with Crippen LogP contribution >= 0.6 is 23.7 Å². The molecule has 1 amide bonds. The summed E-state index contributed by atoms with van der Waals surface area (Å²) < 4.78 is 13.6. The molecule has 0 bridgehead atoms. The van der Waals surface area contributed by atoms with Crippen LogP contribution in [0.3, 0.4) is 0 Å². The monoisotopic (exact) mass is 409 g/mol. The fourth-order valence-electron chi connectivity index (χ4n) is 3.92. The minimum absolute atomic E-state index is 0. The van der Waals surface area contributed by atoms with Crippen molar-refractivity contribution in [2.24, 2.45) is 0 Å². The third-order valence-corrected chi connectivity index (χ3v) is 6.38. The van der Waals surface area contributed by atoms with E-state index in [1.54, 1.807) is 23.5 Å². The molecule has 1 aromatic heterocycles. The van der Waals surface area contributed by atoms with Gasteiger partial charge in [-0.25, -0.2) is 4.39 Å². The molecule has 0 spiro atoms. The zero-order valence-electron chi connectivity index (χ0n) is 15.2. The first kappa shape index (κ1) is 20.3. The van der Waals surface area contributed by atoms with Crippen molar-refractivity contribution < 1.29 is 9.18 Å². The minimum Gasteiger partial charge on any atom is -0.338 e. The lowest BCUT2D eigenvalue weighted by atomic mass is 10.0. The van der Waals surface area contributed by atoms with Crippen molar-refractivity contribution in [3.8, 4) is 0 Å². The number of fused-ring (bicyclic) bond motifs is 1. The summed E-state index contributed by atoms with van der Waals surface area (Å²) in [5.74, 6) is 0.0161. The van der Waals surface area contributed by atoms with Gasteiger partial charge < -0.3 is 10.2 Å². The van der Waals surface area contributed by atoms with Crippen LogP contribution < -0.4 is 5.32 Å². The number of thiophene rings is 1. The number of nitrogens with one attached hydrogen (secondary N) is 1. The van der Waals surface area contributed by atoms with Gasteiger partial charge in [0.25, 0.3) is 0 Å². The standard InChI is InChI=1S/C20H24FN3OS.ClH/c21-17-3-1-2-15(12-17)18-13-22-7-10-23(18)9-5-20(25)24-8-4-19-16(14-24)6-11-26-19;/h1-3,6,11-12,18,22H,4-5,7-10,13-14H2;1H. The van der Waals surface area contributed by atoms with Crippen molar-refractivity contribution in [3.63, 3.8) is 0 Å². The van der Waals surface area contributed by atoms with E-state index in [9.17, 15) is 9.18 Å². The van der Waals surface area contributed by atoms with E-state index in [0.717, 1.165) is 44.7 Å². The van der Waals surface area contributed by atoms with Gasteiger partial charge in [-0.2, -0.15) is 0 Å². The Morgan fingerprint density at radius 2 is 2.19 bits per heavy atom. The highest BCUT2D eigenvalue weighted by Gasteiger charge is 2.26. The van der Waals surface area contributed by atoms with Crippen LogP contribution in [-0.4, -0.2) is 48.4 Å². The van der Waals surface area contributed by atoms with Crippen LogP contribution in [0.25, 0.3) is 0 Å². The van der Waals surface area contributed by atoms with Crippen molar-refractivity contribution in [2.45, 2.75) is 25.4 Å². The molecular weight excluding hydrogens is 385 g/mol. The first-order valence-corrected chi connectivity index (χ1v) is 10.1. The summed E-state index contributed by atoms with van der Waals surface area (Å²) in [7, 11) is 0. The molecule has 146 valence electrons. The molecule has 0 radical (unpaired) electrons. The molecule has 0 aliphatic carbocycles. The van der Waals surface area contributed by atoms with Crippen molar-refractivity contribution in [2.75, 3.05) is 32.7 Å². The van der Waals surface area contributed by atoms with Gasteiger partial charge in [0.05, 0.1) is 0 Å². The molecule has 1 saturated heterocycles. The predicted molar refractivity (Wildman–Crippen MR) is 109 cm³/mol. The van der Waals surface area contributed by atoms with Gasteiger partial charge in [0, 0.05) is 56.6 Å². The lowest BCUT2D eigenvalue weighted by Gasteiger charge is -2.37. The summed E-state index contributed by atoms with van der Waals surface area (Å²) in [6, 6.07) is 9.07. The van der Waals surface area contributed by atoms with Crippen molar-refractivity contribution in [3.05, 3.63) is 57.5 Å². The zero-order chi connectivity index (χ0) is 17.9. The highest BCUT2D eigenvalue weighted by molar-refractivity contribution is 7.10. The highest BCUT2D eigenvalue weighted by atomic mass is 35.5. The second-order valence-corrected chi connectivity index (χ2v) is 8.00. The predicted octanol–water partition coefficient (Wildman–Crippen LogP) is 3.23. The van der Waals surface area contributed by atoms with Gasteiger partial charge in [0.2, 0.25) is 5.91 Å². The fourth-order valence-corrected chi connectivity index (χ4v) is 4.80. The van der Waals surface area contributed by atoms with Gasteiger partial charge in [-0.1, -0.05) is 12.1 Å². The Morgan fingerprint density at radius 3 is 3.04 bits per heavy atom. The molecule has 1 atom stereocenters. The Kier molecular flexibility index (Phi) is 6.87. The third kappa shape index (κ3) is 4.69. The van der Waals surface area contributed by atoms with Crippen LogP contribution in [0.15, 0.2) is 35.7 Å². The lowest BCUT2D eigenvalue weighted by molar-refractivity contribution is -0.132. The molecular formula is C20H25ClFN3OS. The summed E-state index contributed by atoms with van der Waals surface area (Å²) >= 11 is 1.79. The molecule has 2 aromatic rings.